The first-order valence-corrected chi connectivity index (χ1v) is 6.10. The molecule has 1 atom stereocenters. The smallest absolute Gasteiger partial charge is 0.251 e. The van der Waals surface area contributed by atoms with Gasteiger partial charge >= 0.3 is 0 Å². The van der Waals surface area contributed by atoms with Crippen molar-refractivity contribution in [2.45, 2.75) is 26.3 Å². The summed E-state index contributed by atoms with van der Waals surface area (Å²) in [6, 6.07) is 5.74. The van der Waals surface area contributed by atoms with E-state index in [0.717, 1.165) is 16.5 Å². The lowest BCUT2D eigenvalue weighted by molar-refractivity contribution is 0.0952. The highest BCUT2D eigenvalue weighted by Crippen LogP contribution is 2.15. The Kier molecular flexibility index (Phi) is 7.43. The van der Waals surface area contributed by atoms with Crippen molar-refractivity contribution < 1.29 is 4.79 Å². The van der Waals surface area contributed by atoms with Crippen molar-refractivity contribution in [1.29, 1.82) is 0 Å². The van der Waals surface area contributed by atoms with E-state index in [1.807, 2.05) is 32.0 Å². The van der Waals surface area contributed by atoms with E-state index in [1.165, 1.54) is 0 Å². The van der Waals surface area contributed by atoms with Crippen LogP contribution < -0.4 is 11.1 Å². The van der Waals surface area contributed by atoms with Gasteiger partial charge in [0.1, 0.15) is 0 Å². The fraction of sp³-hybridized carbons (Fsp3) is 0.417. The molecule has 3 nitrogen and oxygen atoms in total. The van der Waals surface area contributed by atoms with Crippen LogP contribution in [-0.4, -0.2) is 18.5 Å². The number of hydrogen-bond acceptors (Lipinski definition) is 2. The highest BCUT2D eigenvalue weighted by molar-refractivity contribution is 9.10. The van der Waals surface area contributed by atoms with Gasteiger partial charge in [0, 0.05) is 22.6 Å². The summed E-state index contributed by atoms with van der Waals surface area (Å²) in [4.78, 5) is 11.8. The zero-order valence-electron chi connectivity index (χ0n) is 10.00. The van der Waals surface area contributed by atoms with E-state index < -0.39 is 0 Å². The van der Waals surface area contributed by atoms with Crippen molar-refractivity contribution in [2.24, 2.45) is 5.73 Å². The number of amides is 1. The number of nitrogens with two attached hydrogens (primary N) is 1. The predicted molar refractivity (Wildman–Crippen MR) is 76.7 cm³/mol. The maximum atomic E-state index is 11.8. The Morgan fingerprint density at radius 1 is 1.53 bits per heavy atom. The summed E-state index contributed by atoms with van der Waals surface area (Å²) in [6.07, 6.45) is 0.793. The summed E-state index contributed by atoms with van der Waals surface area (Å²) in [7, 11) is 0. The summed E-state index contributed by atoms with van der Waals surface area (Å²) in [6.45, 7) is 4.47. The first-order valence-electron chi connectivity index (χ1n) is 5.30. The van der Waals surface area contributed by atoms with Crippen molar-refractivity contribution in [3.8, 4) is 0 Å². The third-order valence-electron chi connectivity index (χ3n) is 2.32. The number of carbonyl (C=O) groups excluding carboxylic acids is 1. The molecule has 1 rings (SSSR count). The zero-order chi connectivity index (χ0) is 12.1. The quantitative estimate of drug-likeness (QED) is 0.896. The van der Waals surface area contributed by atoms with E-state index in [1.54, 1.807) is 0 Å². The fourth-order valence-electron chi connectivity index (χ4n) is 1.39. The Hall–Kier alpha value is -0.580. The average molecular weight is 322 g/mol. The molecule has 0 aromatic heterocycles. The van der Waals surface area contributed by atoms with Gasteiger partial charge in [-0.2, -0.15) is 0 Å². The molecular formula is C12H18BrClN2O. The minimum Gasteiger partial charge on any atom is -0.352 e. The molecule has 1 amide bonds. The number of hydrogen-bond donors (Lipinski definition) is 2. The van der Waals surface area contributed by atoms with Crippen molar-refractivity contribution in [3.05, 3.63) is 33.8 Å². The number of benzene rings is 1. The minimum atomic E-state index is -0.0364. The molecule has 0 aliphatic heterocycles. The second-order valence-electron chi connectivity index (χ2n) is 3.98. The van der Waals surface area contributed by atoms with Gasteiger partial charge in [-0.15, -0.1) is 12.4 Å². The van der Waals surface area contributed by atoms with Gasteiger partial charge in [0.05, 0.1) is 0 Å². The molecule has 0 heterocycles. The number of nitrogens with one attached hydrogen (secondary N) is 1. The van der Waals surface area contributed by atoms with Gasteiger partial charge < -0.3 is 11.1 Å². The predicted octanol–water partition coefficient (Wildman–Crippen LogP) is 2.65. The van der Waals surface area contributed by atoms with Crippen LogP contribution in [0.1, 0.15) is 29.3 Å². The zero-order valence-corrected chi connectivity index (χ0v) is 12.4. The third-order valence-corrected chi connectivity index (χ3v) is 2.81. The highest BCUT2D eigenvalue weighted by atomic mass is 79.9. The monoisotopic (exact) mass is 320 g/mol. The molecule has 1 aromatic rings. The van der Waals surface area contributed by atoms with Crippen LogP contribution in [-0.2, 0) is 0 Å². The van der Waals surface area contributed by atoms with Gasteiger partial charge in [-0.3, -0.25) is 4.79 Å². The Morgan fingerprint density at radius 3 is 2.71 bits per heavy atom. The lowest BCUT2D eigenvalue weighted by atomic mass is 10.1. The summed E-state index contributed by atoms with van der Waals surface area (Å²) in [5, 5.41) is 2.86. The van der Waals surface area contributed by atoms with Gasteiger partial charge in [0.2, 0.25) is 0 Å². The van der Waals surface area contributed by atoms with Crippen LogP contribution in [0.2, 0.25) is 0 Å². The van der Waals surface area contributed by atoms with Crippen LogP contribution in [0.4, 0.5) is 0 Å². The molecule has 3 N–H and O–H groups in total. The molecular weight excluding hydrogens is 304 g/mol. The molecule has 0 saturated heterocycles. The topological polar surface area (TPSA) is 55.1 Å². The normalized spacial score (nSPS) is 11.5. The fourth-order valence-corrected chi connectivity index (χ4v) is 1.87. The first-order chi connectivity index (χ1) is 7.50. The third kappa shape index (κ3) is 5.52. The van der Waals surface area contributed by atoms with Gasteiger partial charge in [-0.25, -0.2) is 0 Å². The molecule has 1 unspecified atom stereocenters. The number of halogens is 2. The summed E-state index contributed by atoms with van der Waals surface area (Å²) >= 11 is 3.37. The van der Waals surface area contributed by atoms with E-state index in [2.05, 4.69) is 21.2 Å². The van der Waals surface area contributed by atoms with Crippen LogP contribution in [0.5, 0.6) is 0 Å². The van der Waals surface area contributed by atoms with E-state index in [0.29, 0.717) is 12.1 Å². The minimum absolute atomic E-state index is 0. The largest absolute Gasteiger partial charge is 0.352 e. The van der Waals surface area contributed by atoms with Gasteiger partial charge in [-0.1, -0.05) is 15.9 Å². The van der Waals surface area contributed by atoms with Crippen LogP contribution in [0.15, 0.2) is 22.7 Å². The molecule has 0 bridgehead atoms. The Labute approximate surface area is 117 Å². The van der Waals surface area contributed by atoms with Crippen molar-refractivity contribution in [2.75, 3.05) is 6.54 Å². The summed E-state index contributed by atoms with van der Waals surface area (Å²) in [5.41, 5.74) is 7.29. The molecule has 0 aliphatic carbocycles. The summed E-state index contributed by atoms with van der Waals surface area (Å²) in [5.74, 6) is -0.0364. The van der Waals surface area contributed by atoms with Crippen molar-refractivity contribution in [3.63, 3.8) is 0 Å². The molecule has 0 saturated carbocycles. The first kappa shape index (κ1) is 16.4. The lowest BCUT2D eigenvalue weighted by Crippen LogP contribution is -2.29. The maximum absolute atomic E-state index is 11.8. The number of aryl methyl sites for hydroxylation is 1. The second kappa shape index (κ2) is 7.69. The van der Waals surface area contributed by atoms with Crippen LogP contribution in [0.3, 0.4) is 0 Å². The van der Waals surface area contributed by atoms with Crippen molar-refractivity contribution >= 4 is 34.2 Å². The average Bonchev–Trinajstić information content (AvgIpc) is 2.16. The molecule has 5 heteroatoms. The Morgan fingerprint density at radius 2 is 2.18 bits per heavy atom. The SMILES string of the molecule is Cc1cc(Br)ccc1C(=O)NCCC(C)N.Cl. The Balaban J connectivity index is 0.00000256. The van der Waals surface area contributed by atoms with E-state index in [9.17, 15) is 4.79 Å². The van der Waals surface area contributed by atoms with E-state index in [4.69, 9.17) is 5.73 Å². The van der Waals surface area contributed by atoms with E-state index >= 15 is 0 Å². The maximum Gasteiger partial charge on any atom is 0.251 e. The molecule has 96 valence electrons. The van der Waals surface area contributed by atoms with Crippen LogP contribution >= 0.6 is 28.3 Å². The molecule has 0 fully saturated rings. The number of rotatable bonds is 4. The molecule has 0 radical (unpaired) electrons. The molecule has 0 aliphatic rings. The van der Waals surface area contributed by atoms with Crippen LogP contribution in [0, 0.1) is 6.92 Å². The van der Waals surface area contributed by atoms with Crippen LogP contribution in [0.25, 0.3) is 0 Å². The highest BCUT2D eigenvalue weighted by Gasteiger charge is 2.08. The molecule has 0 spiro atoms. The number of carbonyl (C=O) groups is 1. The van der Waals surface area contributed by atoms with Gasteiger partial charge in [-0.05, 0) is 44.0 Å². The van der Waals surface area contributed by atoms with Gasteiger partial charge in [0.25, 0.3) is 5.91 Å². The second-order valence-corrected chi connectivity index (χ2v) is 4.90. The summed E-state index contributed by atoms with van der Waals surface area (Å²) < 4.78 is 0.983. The van der Waals surface area contributed by atoms with E-state index in [-0.39, 0.29) is 24.4 Å². The van der Waals surface area contributed by atoms with Gasteiger partial charge in [0.15, 0.2) is 0 Å². The lowest BCUT2D eigenvalue weighted by Gasteiger charge is -2.09. The Bertz CT molecular complexity index is 383. The molecule has 1 aromatic carbocycles. The standard InChI is InChI=1S/C12H17BrN2O.ClH/c1-8-7-10(13)3-4-11(8)12(16)15-6-5-9(2)14;/h3-4,7,9H,5-6,14H2,1-2H3,(H,15,16);1H. The van der Waals surface area contributed by atoms with Crippen molar-refractivity contribution in [1.82, 2.24) is 5.32 Å². The molecule has 17 heavy (non-hydrogen) atoms.